The molecule has 5 heteroatoms. The molecule has 0 spiro atoms. The number of rotatable bonds is 2. The van der Waals surface area contributed by atoms with E-state index in [-0.39, 0.29) is 18.1 Å². The lowest BCUT2D eigenvalue weighted by Crippen LogP contribution is -1.98. The molecule has 13 heavy (non-hydrogen) atoms. The lowest BCUT2D eigenvalue weighted by molar-refractivity contribution is 0.254. The third-order valence-electron chi connectivity index (χ3n) is 1.47. The summed E-state index contributed by atoms with van der Waals surface area (Å²) >= 11 is 0. The third-order valence-corrected chi connectivity index (χ3v) is 1.47. The van der Waals surface area contributed by atoms with Gasteiger partial charge in [0.15, 0.2) is 0 Å². The fourth-order valence-corrected chi connectivity index (χ4v) is 0.793. The van der Waals surface area contributed by atoms with Gasteiger partial charge >= 0.3 is 0 Å². The van der Waals surface area contributed by atoms with Crippen LogP contribution < -0.4 is 0 Å². The number of aromatic hydroxyl groups is 1. The molecule has 0 bridgehead atoms. The highest BCUT2D eigenvalue weighted by Gasteiger charge is 2.09. The summed E-state index contributed by atoms with van der Waals surface area (Å²) in [5.41, 5.74) is -1.29. The summed E-state index contributed by atoms with van der Waals surface area (Å²) in [7, 11) is 0. The minimum Gasteiger partial charge on any atom is -0.506 e. The van der Waals surface area contributed by atoms with Crippen LogP contribution in [0.15, 0.2) is 6.20 Å². The molecule has 1 aromatic heterocycles. The van der Waals surface area contributed by atoms with Crippen LogP contribution in [-0.2, 0) is 13.1 Å². The van der Waals surface area contributed by atoms with Gasteiger partial charge < -0.3 is 15.3 Å². The van der Waals surface area contributed by atoms with Gasteiger partial charge in [0.2, 0.25) is 0 Å². The SMILES string of the molecule is Cl.[2H]C([2H])(O)c1cnc(C)c(O)c1C([2H])([2H])O. The zero-order valence-corrected chi connectivity index (χ0v) is 7.59. The Balaban J connectivity index is 0.00000256. The molecule has 74 valence electrons. The molecule has 0 atom stereocenters. The Hall–Kier alpha value is -0.840. The Bertz CT molecular complexity index is 416. The Morgan fingerprint density at radius 3 is 2.54 bits per heavy atom. The van der Waals surface area contributed by atoms with Crippen LogP contribution in [-0.4, -0.2) is 20.3 Å². The quantitative estimate of drug-likeness (QED) is 0.663. The van der Waals surface area contributed by atoms with E-state index in [9.17, 15) is 10.2 Å². The largest absolute Gasteiger partial charge is 0.506 e. The van der Waals surface area contributed by atoms with Gasteiger partial charge in [-0.05, 0) is 6.92 Å². The predicted molar refractivity (Wildman–Crippen MR) is 49.7 cm³/mol. The van der Waals surface area contributed by atoms with Crippen LogP contribution in [0.1, 0.15) is 22.3 Å². The molecular formula is C8H12ClNO3. The summed E-state index contributed by atoms with van der Waals surface area (Å²) in [5, 5.41) is 27.9. The topological polar surface area (TPSA) is 73.6 Å². The van der Waals surface area contributed by atoms with Gasteiger partial charge in [-0.3, -0.25) is 4.98 Å². The molecule has 0 saturated heterocycles. The lowest BCUT2D eigenvalue weighted by atomic mass is 10.1. The van der Waals surface area contributed by atoms with Crippen molar-refractivity contribution in [2.45, 2.75) is 20.0 Å². The van der Waals surface area contributed by atoms with Crippen molar-refractivity contribution in [1.29, 1.82) is 0 Å². The Labute approximate surface area is 87.9 Å². The van der Waals surface area contributed by atoms with E-state index >= 15 is 0 Å². The van der Waals surface area contributed by atoms with Gasteiger partial charge in [0.25, 0.3) is 0 Å². The van der Waals surface area contributed by atoms with E-state index in [1.165, 1.54) is 6.92 Å². The summed E-state index contributed by atoms with van der Waals surface area (Å²) in [4.78, 5) is 3.59. The van der Waals surface area contributed by atoms with Gasteiger partial charge in [0.05, 0.1) is 24.3 Å². The molecule has 3 N–H and O–H groups in total. The highest BCUT2D eigenvalue weighted by atomic mass is 35.5. The average molecular weight is 210 g/mol. The van der Waals surface area contributed by atoms with Crippen LogP contribution in [0.3, 0.4) is 0 Å². The van der Waals surface area contributed by atoms with Crippen LogP contribution in [0.25, 0.3) is 0 Å². The molecule has 0 aromatic carbocycles. The zero-order chi connectivity index (χ0) is 12.7. The first-order valence-corrected chi connectivity index (χ1v) is 3.19. The van der Waals surface area contributed by atoms with E-state index in [1.54, 1.807) is 0 Å². The average Bonchev–Trinajstić information content (AvgIpc) is 2.05. The third kappa shape index (κ3) is 2.30. The molecule has 0 amide bonds. The Kier molecular flexibility index (Phi) is 2.54. The maximum absolute atomic E-state index is 9.54. The summed E-state index contributed by atoms with van der Waals surface area (Å²) in [6.45, 7) is -4.51. The van der Waals surface area contributed by atoms with Crippen molar-refractivity contribution >= 4 is 12.4 Å². The number of pyridine rings is 1. The molecule has 0 unspecified atom stereocenters. The van der Waals surface area contributed by atoms with Crippen molar-refractivity contribution in [2.75, 3.05) is 0 Å². The number of nitrogens with zero attached hydrogens (tertiary/aromatic N) is 1. The van der Waals surface area contributed by atoms with Crippen molar-refractivity contribution in [3.8, 4) is 5.75 Å². The summed E-state index contributed by atoms with van der Waals surface area (Å²) in [6.07, 6.45) is 0.873. The van der Waals surface area contributed by atoms with Crippen molar-refractivity contribution < 1.29 is 20.8 Å². The monoisotopic (exact) mass is 209 g/mol. The van der Waals surface area contributed by atoms with Crippen molar-refractivity contribution in [3.05, 3.63) is 23.0 Å². The van der Waals surface area contributed by atoms with Crippen LogP contribution >= 0.6 is 12.4 Å². The van der Waals surface area contributed by atoms with Gasteiger partial charge in [0.1, 0.15) is 5.75 Å². The molecule has 1 rings (SSSR count). The Morgan fingerprint density at radius 1 is 1.46 bits per heavy atom. The minimum absolute atomic E-state index is 0. The number of aromatic nitrogens is 1. The van der Waals surface area contributed by atoms with Crippen LogP contribution in [0, 0.1) is 6.92 Å². The smallest absolute Gasteiger partial charge is 0.142 e. The van der Waals surface area contributed by atoms with E-state index in [0.29, 0.717) is 0 Å². The molecule has 0 saturated carbocycles. The number of hydrogen-bond donors (Lipinski definition) is 3. The predicted octanol–water partition coefficient (Wildman–Crippen LogP) is 0.502. The second-order valence-electron chi connectivity index (χ2n) is 2.20. The molecule has 0 radical (unpaired) electrons. The normalized spacial score (nSPS) is 16.2. The molecule has 1 heterocycles. The maximum Gasteiger partial charge on any atom is 0.142 e. The highest BCUT2D eigenvalue weighted by Crippen LogP contribution is 2.23. The molecule has 1 aromatic rings. The first-order valence-electron chi connectivity index (χ1n) is 5.19. The highest BCUT2D eigenvalue weighted by molar-refractivity contribution is 5.85. The van der Waals surface area contributed by atoms with E-state index < -0.39 is 30.0 Å². The van der Waals surface area contributed by atoms with Gasteiger partial charge in [-0.2, -0.15) is 0 Å². The molecule has 0 aliphatic heterocycles. The van der Waals surface area contributed by atoms with Crippen LogP contribution in [0.4, 0.5) is 0 Å². The minimum atomic E-state index is -2.97. The molecule has 0 fully saturated rings. The van der Waals surface area contributed by atoms with Crippen molar-refractivity contribution in [2.24, 2.45) is 0 Å². The zero-order valence-electron chi connectivity index (χ0n) is 10.8. The number of hydrogen-bond acceptors (Lipinski definition) is 4. The first-order chi connectivity index (χ1) is 7.05. The first kappa shape index (κ1) is 6.59. The standard InChI is InChI=1S/C8H11NO3.ClH/c1-5-8(12)7(4-11)6(3-10)2-9-5;/h2,10-12H,3-4H2,1H3;1H/i3D2,4D2;. The molecule has 4 nitrogen and oxygen atoms in total. The Morgan fingerprint density at radius 2 is 2.08 bits per heavy atom. The van der Waals surface area contributed by atoms with Gasteiger partial charge in [-0.25, -0.2) is 0 Å². The van der Waals surface area contributed by atoms with E-state index in [0.717, 1.165) is 6.20 Å². The second kappa shape index (κ2) is 5.01. The van der Waals surface area contributed by atoms with Crippen molar-refractivity contribution in [3.63, 3.8) is 0 Å². The van der Waals surface area contributed by atoms with Gasteiger partial charge in [-0.15, -0.1) is 12.4 Å². The van der Waals surface area contributed by atoms with E-state index in [1.807, 2.05) is 0 Å². The number of halogens is 1. The fraction of sp³-hybridized carbons (Fsp3) is 0.375. The summed E-state index contributed by atoms with van der Waals surface area (Å²) < 4.78 is 28.3. The summed E-state index contributed by atoms with van der Waals surface area (Å²) in [6, 6.07) is 0. The molecule has 0 aliphatic rings. The maximum atomic E-state index is 9.54. The van der Waals surface area contributed by atoms with Gasteiger partial charge in [0, 0.05) is 17.3 Å². The van der Waals surface area contributed by atoms with E-state index in [4.69, 9.17) is 10.6 Å². The van der Waals surface area contributed by atoms with Crippen molar-refractivity contribution in [1.82, 2.24) is 4.98 Å². The fourth-order valence-electron chi connectivity index (χ4n) is 0.793. The van der Waals surface area contributed by atoms with E-state index in [2.05, 4.69) is 4.98 Å². The summed E-state index contributed by atoms with van der Waals surface area (Å²) in [5.74, 6) is -0.678. The number of aryl methyl sites for hydroxylation is 1. The number of aliphatic hydroxyl groups is 2. The molecular weight excluding hydrogens is 194 g/mol. The van der Waals surface area contributed by atoms with Crippen LogP contribution in [0.2, 0.25) is 0 Å². The van der Waals surface area contributed by atoms with Crippen LogP contribution in [0.5, 0.6) is 5.75 Å². The van der Waals surface area contributed by atoms with Gasteiger partial charge in [-0.1, -0.05) is 0 Å². The second-order valence-corrected chi connectivity index (χ2v) is 2.20. The lowest BCUT2D eigenvalue weighted by Gasteiger charge is -2.07. The molecule has 0 aliphatic carbocycles.